The molecule has 0 amide bonds. The molecule has 0 bridgehead atoms. The molecule has 2 aromatic heterocycles. The van der Waals surface area contributed by atoms with E-state index in [-0.39, 0.29) is 0 Å². The number of carbonyl (C=O) groups is 1. The van der Waals surface area contributed by atoms with Gasteiger partial charge in [-0.3, -0.25) is 0 Å². The number of hydrogen-bond donors (Lipinski definition) is 1. The summed E-state index contributed by atoms with van der Waals surface area (Å²) in [6.07, 6.45) is 1.84. The number of carboxylic acids is 1. The van der Waals surface area contributed by atoms with Crippen LogP contribution in [0.2, 0.25) is 0 Å². The van der Waals surface area contributed by atoms with Crippen molar-refractivity contribution in [2.75, 3.05) is 0 Å². The number of benzene rings is 1. The highest BCUT2D eigenvalue weighted by molar-refractivity contribution is 7.20. The molecule has 108 valence electrons. The number of para-hydroxylation sites is 1. The number of rotatable bonds is 4. The van der Waals surface area contributed by atoms with Crippen molar-refractivity contribution in [2.45, 2.75) is 26.7 Å². The van der Waals surface area contributed by atoms with Gasteiger partial charge < -0.3 is 5.11 Å². The lowest BCUT2D eigenvalue weighted by Crippen LogP contribution is -1.99. The van der Waals surface area contributed by atoms with Gasteiger partial charge in [0, 0.05) is 5.39 Å². The van der Waals surface area contributed by atoms with Gasteiger partial charge in [-0.25, -0.2) is 9.48 Å². The molecule has 0 atom stereocenters. The smallest absolute Gasteiger partial charge is 0.345 e. The molecule has 1 N–H and O–H groups in total. The molecule has 0 aliphatic heterocycles. The largest absolute Gasteiger partial charge is 0.477 e. The van der Waals surface area contributed by atoms with E-state index in [1.165, 1.54) is 11.3 Å². The van der Waals surface area contributed by atoms with Crippen LogP contribution in [0.4, 0.5) is 0 Å². The van der Waals surface area contributed by atoms with E-state index in [2.05, 4.69) is 6.92 Å². The van der Waals surface area contributed by atoms with Crippen LogP contribution in [0.25, 0.3) is 15.9 Å². The Kier molecular flexibility index (Phi) is 3.51. The monoisotopic (exact) mass is 300 g/mol. The maximum Gasteiger partial charge on any atom is 0.345 e. The lowest BCUT2D eigenvalue weighted by molar-refractivity contribution is 0.0702. The Labute approximate surface area is 126 Å². The predicted molar refractivity (Wildman–Crippen MR) is 84.6 cm³/mol. The van der Waals surface area contributed by atoms with E-state index in [1.54, 1.807) is 6.07 Å². The highest BCUT2D eigenvalue weighted by Gasteiger charge is 2.18. The number of aromatic nitrogens is 2. The maximum atomic E-state index is 11.2. The second-order valence-corrected chi connectivity index (χ2v) is 6.06. The molecule has 2 heterocycles. The summed E-state index contributed by atoms with van der Waals surface area (Å²) >= 11 is 1.28. The molecule has 0 fully saturated rings. The number of thiophene rings is 1. The minimum Gasteiger partial charge on any atom is -0.477 e. The van der Waals surface area contributed by atoms with Gasteiger partial charge in [-0.1, -0.05) is 31.5 Å². The molecule has 0 unspecified atom stereocenters. The molecule has 0 radical (unpaired) electrons. The van der Waals surface area contributed by atoms with Crippen LogP contribution < -0.4 is 0 Å². The van der Waals surface area contributed by atoms with Gasteiger partial charge in [0.2, 0.25) is 0 Å². The molecule has 0 saturated heterocycles. The molecule has 3 aromatic rings. The Morgan fingerprint density at radius 2 is 2.14 bits per heavy atom. The average Bonchev–Trinajstić information content (AvgIpc) is 3.01. The number of fused-ring (bicyclic) bond motifs is 1. The van der Waals surface area contributed by atoms with Crippen molar-refractivity contribution in [3.63, 3.8) is 0 Å². The summed E-state index contributed by atoms with van der Waals surface area (Å²) in [5, 5.41) is 14.9. The summed E-state index contributed by atoms with van der Waals surface area (Å²) in [5.74, 6) is -0.880. The first-order valence-electron chi connectivity index (χ1n) is 6.92. The fraction of sp³-hybridized carbons (Fsp3) is 0.250. The predicted octanol–water partition coefficient (Wildman–Crippen LogP) is 4.05. The average molecular weight is 300 g/mol. The van der Waals surface area contributed by atoms with Crippen LogP contribution in [-0.2, 0) is 6.42 Å². The molecule has 21 heavy (non-hydrogen) atoms. The summed E-state index contributed by atoms with van der Waals surface area (Å²) in [6.45, 7) is 4.14. The van der Waals surface area contributed by atoms with E-state index < -0.39 is 5.97 Å². The number of aromatic carboxylic acids is 1. The van der Waals surface area contributed by atoms with Gasteiger partial charge in [0.05, 0.1) is 11.4 Å². The second-order valence-electron chi connectivity index (χ2n) is 5.03. The van der Waals surface area contributed by atoms with Crippen LogP contribution in [0.15, 0.2) is 30.3 Å². The van der Waals surface area contributed by atoms with E-state index in [4.69, 9.17) is 5.10 Å². The number of nitrogens with zero attached hydrogens (tertiary/aromatic N) is 2. The topological polar surface area (TPSA) is 55.1 Å². The van der Waals surface area contributed by atoms with Crippen molar-refractivity contribution in [1.29, 1.82) is 0 Å². The zero-order valence-corrected chi connectivity index (χ0v) is 12.8. The Balaban J connectivity index is 2.27. The quantitative estimate of drug-likeness (QED) is 0.791. The fourth-order valence-corrected chi connectivity index (χ4v) is 3.44. The van der Waals surface area contributed by atoms with Crippen molar-refractivity contribution in [3.8, 4) is 5.69 Å². The van der Waals surface area contributed by atoms with Crippen molar-refractivity contribution < 1.29 is 9.90 Å². The van der Waals surface area contributed by atoms with E-state index in [0.29, 0.717) is 4.88 Å². The van der Waals surface area contributed by atoms with Gasteiger partial charge >= 0.3 is 5.97 Å². The SMILES string of the molecule is CCCc1nn(-c2ccccc2C)c2sc(C(=O)O)cc12. The van der Waals surface area contributed by atoms with Crippen molar-refractivity contribution in [2.24, 2.45) is 0 Å². The minimum absolute atomic E-state index is 0.363. The molecule has 3 rings (SSSR count). The van der Waals surface area contributed by atoms with Gasteiger partial charge in [-0.15, -0.1) is 11.3 Å². The summed E-state index contributed by atoms with van der Waals surface area (Å²) < 4.78 is 1.88. The molecule has 4 nitrogen and oxygen atoms in total. The lowest BCUT2D eigenvalue weighted by Gasteiger charge is -2.05. The first-order chi connectivity index (χ1) is 10.1. The van der Waals surface area contributed by atoms with Crippen molar-refractivity contribution in [1.82, 2.24) is 9.78 Å². The third-order valence-corrected chi connectivity index (χ3v) is 4.58. The fourth-order valence-electron chi connectivity index (χ4n) is 2.46. The second kappa shape index (κ2) is 5.33. The third-order valence-electron chi connectivity index (χ3n) is 3.48. The number of aryl methyl sites for hydroxylation is 2. The van der Waals surface area contributed by atoms with E-state index >= 15 is 0 Å². The molecular weight excluding hydrogens is 284 g/mol. The molecule has 0 aliphatic rings. The van der Waals surface area contributed by atoms with Gasteiger partial charge in [0.25, 0.3) is 0 Å². The third kappa shape index (κ3) is 2.34. The lowest BCUT2D eigenvalue weighted by atomic mass is 10.2. The molecular formula is C16H16N2O2S. The zero-order valence-electron chi connectivity index (χ0n) is 12.0. The van der Waals surface area contributed by atoms with Crippen LogP contribution in [0, 0.1) is 6.92 Å². The molecule has 0 spiro atoms. The summed E-state index contributed by atoms with van der Waals surface area (Å²) in [6, 6.07) is 9.76. The molecule has 0 saturated carbocycles. The highest BCUT2D eigenvalue weighted by Crippen LogP contribution is 2.32. The first-order valence-corrected chi connectivity index (χ1v) is 7.74. The van der Waals surface area contributed by atoms with Crippen LogP contribution >= 0.6 is 11.3 Å². The van der Waals surface area contributed by atoms with Gasteiger partial charge in [-0.05, 0) is 31.0 Å². The Morgan fingerprint density at radius 3 is 2.81 bits per heavy atom. The molecule has 0 aliphatic carbocycles. The standard InChI is InChI=1S/C16H16N2O2S/c1-3-6-12-11-9-14(16(19)20)21-15(11)18(17-12)13-8-5-4-7-10(13)2/h4-5,7-9H,3,6H2,1-2H3,(H,19,20). The number of carboxylic acid groups (broad SMARTS) is 1. The number of hydrogen-bond acceptors (Lipinski definition) is 3. The van der Waals surface area contributed by atoms with Crippen molar-refractivity contribution in [3.05, 3.63) is 46.5 Å². The Hall–Kier alpha value is -2.14. The normalized spacial score (nSPS) is 11.1. The van der Waals surface area contributed by atoms with Gasteiger partial charge in [-0.2, -0.15) is 5.10 Å². The van der Waals surface area contributed by atoms with Gasteiger partial charge in [0.1, 0.15) is 9.71 Å². The van der Waals surface area contributed by atoms with Crippen molar-refractivity contribution >= 4 is 27.5 Å². The Morgan fingerprint density at radius 1 is 1.38 bits per heavy atom. The van der Waals surface area contributed by atoms with Crippen LogP contribution in [0.3, 0.4) is 0 Å². The van der Waals surface area contributed by atoms with E-state index in [0.717, 1.165) is 40.0 Å². The van der Waals surface area contributed by atoms with E-state index in [1.807, 2.05) is 35.9 Å². The summed E-state index contributed by atoms with van der Waals surface area (Å²) in [7, 11) is 0. The Bertz CT molecular complexity index is 817. The highest BCUT2D eigenvalue weighted by atomic mass is 32.1. The van der Waals surface area contributed by atoms with Crippen LogP contribution in [-0.4, -0.2) is 20.9 Å². The zero-order chi connectivity index (χ0) is 15.0. The first kappa shape index (κ1) is 13.8. The summed E-state index contributed by atoms with van der Waals surface area (Å²) in [4.78, 5) is 12.5. The van der Waals surface area contributed by atoms with Gasteiger partial charge in [0.15, 0.2) is 0 Å². The molecule has 1 aromatic carbocycles. The minimum atomic E-state index is -0.880. The summed E-state index contributed by atoms with van der Waals surface area (Å²) in [5.41, 5.74) is 3.10. The van der Waals surface area contributed by atoms with E-state index in [9.17, 15) is 9.90 Å². The van der Waals surface area contributed by atoms with Crippen LogP contribution in [0.5, 0.6) is 0 Å². The van der Waals surface area contributed by atoms with Crippen LogP contribution in [0.1, 0.15) is 34.3 Å². The molecule has 5 heteroatoms. The maximum absolute atomic E-state index is 11.2.